The molecule has 0 aliphatic carbocycles. The number of hydrogen-bond acceptors (Lipinski definition) is 4. The van der Waals surface area contributed by atoms with Crippen molar-refractivity contribution < 1.29 is 4.74 Å². The molecular weight excluding hydrogens is 226 g/mol. The molecular formula is C14H25N3O. The standard InChI is InChI=1S/C14H25N3O/c1-4-17(5-2)8-7-16-13-9-12(15)10-14(11-13)18-6-3/h9-11,16H,4-8,15H2,1-3H3. The minimum Gasteiger partial charge on any atom is -0.494 e. The Bertz CT molecular complexity index is 351. The van der Waals surface area contributed by atoms with Gasteiger partial charge in [-0.2, -0.15) is 0 Å². The Balaban J connectivity index is 2.51. The molecule has 1 aromatic rings. The third kappa shape index (κ3) is 4.84. The predicted molar refractivity (Wildman–Crippen MR) is 78.3 cm³/mol. The van der Waals surface area contributed by atoms with Crippen LogP contribution in [0.15, 0.2) is 18.2 Å². The van der Waals surface area contributed by atoms with Gasteiger partial charge in [0.15, 0.2) is 0 Å². The first-order chi connectivity index (χ1) is 8.69. The molecule has 0 aliphatic rings. The number of ether oxygens (including phenoxy) is 1. The van der Waals surface area contributed by atoms with E-state index in [1.54, 1.807) is 0 Å². The van der Waals surface area contributed by atoms with Gasteiger partial charge in [-0.15, -0.1) is 0 Å². The van der Waals surface area contributed by atoms with Crippen molar-refractivity contribution in [1.82, 2.24) is 4.90 Å². The Hall–Kier alpha value is -1.42. The highest BCUT2D eigenvalue weighted by molar-refractivity contribution is 5.59. The summed E-state index contributed by atoms with van der Waals surface area (Å²) < 4.78 is 5.47. The smallest absolute Gasteiger partial charge is 0.123 e. The molecule has 0 radical (unpaired) electrons. The fraction of sp³-hybridized carbons (Fsp3) is 0.571. The number of benzene rings is 1. The van der Waals surface area contributed by atoms with Crippen LogP contribution >= 0.6 is 0 Å². The highest BCUT2D eigenvalue weighted by atomic mass is 16.5. The first-order valence-corrected chi connectivity index (χ1v) is 6.69. The molecule has 102 valence electrons. The zero-order chi connectivity index (χ0) is 13.4. The lowest BCUT2D eigenvalue weighted by Gasteiger charge is -2.18. The molecule has 0 amide bonds. The van der Waals surface area contributed by atoms with Gasteiger partial charge in [0.25, 0.3) is 0 Å². The van der Waals surface area contributed by atoms with Crippen LogP contribution in [-0.4, -0.2) is 37.7 Å². The van der Waals surface area contributed by atoms with Crippen molar-refractivity contribution >= 4 is 11.4 Å². The van der Waals surface area contributed by atoms with Crippen molar-refractivity contribution in [3.8, 4) is 5.75 Å². The van der Waals surface area contributed by atoms with Crippen LogP contribution < -0.4 is 15.8 Å². The second kappa shape index (κ2) is 7.82. The number of nitrogens with two attached hydrogens (primary N) is 1. The maximum Gasteiger partial charge on any atom is 0.123 e. The van der Waals surface area contributed by atoms with E-state index in [4.69, 9.17) is 10.5 Å². The first-order valence-electron chi connectivity index (χ1n) is 6.69. The summed E-state index contributed by atoms with van der Waals surface area (Å²) in [5, 5.41) is 3.38. The second-order valence-electron chi connectivity index (χ2n) is 4.18. The van der Waals surface area contributed by atoms with Gasteiger partial charge in [-0.05, 0) is 26.1 Å². The van der Waals surface area contributed by atoms with Crippen LogP contribution in [0.2, 0.25) is 0 Å². The van der Waals surface area contributed by atoms with Crippen LogP contribution in [0.3, 0.4) is 0 Å². The monoisotopic (exact) mass is 251 g/mol. The van der Waals surface area contributed by atoms with Crippen molar-refractivity contribution in [2.75, 3.05) is 43.8 Å². The van der Waals surface area contributed by atoms with E-state index < -0.39 is 0 Å². The van der Waals surface area contributed by atoms with Crippen LogP contribution in [0.25, 0.3) is 0 Å². The second-order valence-corrected chi connectivity index (χ2v) is 4.18. The topological polar surface area (TPSA) is 50.5 Å². The van der Waals surface area contributed by atoms with E-state index in [-0.39, 0.29) is 0 Å². The van der Waals surface area contributed by atoms with E-state index >= 15 is 0 Å². The highest BCUT2D eigenvalue weighted by Gasteiger charge is 2.01. The zero-order valence-corrected chi connectivity index (χ0v) is 11.7. The Morgan fingerprint density at radius 1 is 1.17 bits per heavy atom. The van der Waals surface area contributed by atoms with Gasteiger partial charge in [0.05, 0.1) is 6.61 Å². The molecule has 0 aliphatic heterocycles. The molecule has 0 bridgehead atoms. The third-order valence-electron chi connectivity index (χ3n) is 2.89. The summed E-state index contributed by atoms with van der Waals surface area (Å²) in [6, 6.07) is 5.77. The molecule has 18 heavy (non-hydrogen) atoms. The van der Waals surface area contributed by atoms with Crippen LogP contribution in [0.5, 0.6) is 5.75 Å². The van der Waals surface area contributed by atoms with Gasteiger partial charge in [-0.1, -0.05) is 13.8 Å². The van der Waals surface area contributed by atoms with Crippen LogP contribution in [0.4, 0.5) is 11.4 Å². The van der Waals surface area contributed by atoms with Gasteiger partial charge in [0.1, 0.15) is 5.75 Å². The molecule has 4 heteroatoms. The Labute approximate surface area is 110 Å². The molecule has 0 heterocycles. The number of likely N-dealkylation sites (N-methyl/N-ethyl adjacent to an activating group) is 1. The average molecular weight is 251 g/mol. The summed E-state index contributed by atoms with van der Waals surface area (Å²) in [7, 11) is 0. The average Bonchev–Trinajstić information content (AvgIpc) is 2.34. The van der Waals surface area contributed by atoms with Gasteiger partial charge in [-0.3, -0.25) is 0 Å². The number of nitrogen functional groups attached to an aromatic ring is 1. The van der Waals surface area contributed by atoms with Gasteiger partial charge >= 0.3 is 0 Å². The van der Waals surface area contributed by atoms with Gasteiger partial charge < -0.3 is 20.7 Å². The maximum absolute atomic E-state index is 5.84. The van der Waals surface area contributed by atoms with Gasteiger partial charge in [0, 0.05) is 36.6 Å². The van der Waals surface area contributed by atoms with Gasteiger partial charge in [0.2, 0.25) is 0 Å². The highest BCUT2D eigenvalue weighted by Crippen LogP contribution is 2.22. The molecule has 0 unspecified atom stereocenters. The minimum absolute atomic E-state index is 0.655. The molecule has 3 N–H and O–H groups in total. The van der Waals surface area contributed by atoms with Crippen molar-refractivity contribution in [1.29, 1.82) is 0 Å². The Kier molecular flexibility index (Phi) is 6.36. The van der Waals surface area contributed by atoms with Crippen LogP contribution in [-0.2, 0) is 0 Å². The summed E-state index contributed by atoms with van der Waals surface area (Å²) in [4.78, 5) is 2.38. The summed E-state index contributed by atoms with van der Waals surface area (Å²) in [6.45, 7) is 11.1. The number of hydrogen-bond donors (Lipinski definition) is 2. The molecule has 0 saturated heterocycles. The van der Waals surface area contributed by atoms with Crippen molar-refractivity contribution in [2.45, 2.75) is 20.8 Å². The van der Waals surface area contributed by atoms with Gasteiger partial charge in [-0.25, -0.2) is 0 Å². The molecule has 0 aromatic heterocycles. The minimum atomic E-state index is 0.655. The normalized spacial score (nSPS) is 10.7. The predicted octanol–water partition coefficient (Wildman–Crippen LogP) is 2.42. The largest absolute Gasteiger partial charge is 0.494 e. The Morgan fingerprint density at radius 3 is 2.50 bits per heavy atom. The maximum atomic E-state index is 5.84. The lowest BCUT2D eigenvalue weighted by Crippen LogP contribution is -2.28. The number of anilines is 2. The van der Waals surface area contributed by atoms with Crippen molar-refractivity contribution in [3.05, 3.63) is 18.2 Å². The lowest BCUT2D eigenvalue weighted by atomic mass is 10.2. The summed E-state index contributed by atoms with van der Waals surface area (Å²) in [6.07, 6.45) is 0. The molecule has 0 fully saturated rings. The summed E-state index contributed by atoms with van der Waals surface area (Å²) >= 11 is 0. The Morgan fingerprint density at radius 2 is 1.89 bits per heavy atom. The number of nitrogens with zero attached hydrogens (tertiary/aromatic N) is 1. The fourth-order valence-electron chi connectivity index (χ4n) is 1.87. The number of rotatable bonds is 8. The van der Waals surface area contributed by atoms with E-state index in [2.05, 4.69) is 24.1 Å². The zero-order valence-electron chi connectivity index (χ0n) is 11.7. The molecule has 1 aromatic carbocycles. The molecule has 0 saturated carbocycles. The quantitative estimate of drug-likeness (QED) is 0.697. The third-order valence-corrected chi connectivity index (χ3v) is 2.89. The summed E-state index contributed by atoms with van der Waals surface area (Å²) in [5.74, 6) is 0.822. The van der Waals surface area contributed by atoms with E-state index in [9.17, 15) is 0 Å². The lowest BCUT2D eigenvalue weighted by molar-refractivity contribution is 0.316. The van der Waals surface area contributed by atoms with Crippen molar-refractivity contribution in [2.24, 2.45) is 0 Å². The molecule has 1 rings (SSSR count). The van der Waals surface area contributed by atoms with E-state index in [1.807, 2.05) is 25.1 Å². The van der Waals surface area contributed by atoms with E-state index in [1.165, 1.54) is 0 Å². The van der Waals surface area contributed by atoms with Crippen LogP contribution in [0, 0.1) is 0 Å². The van der Waals surface area contributed by atoms with E-state index in [0.717, 1.165) is 43.3 Å². The fourth-order valence-corrected chi connectivity index (χ4v) is 1.87. The van der Waals surface area contributed by atoms with Crippen molar-refractivity contribution in [3.63, 3.8) is 0 Å². The molecule has 0 atom stereocenters. The first kappa shape index (κ1) is 14.6. The van der Waals surface area contributed by atoms with Crippen LogP contribution in [0.1, 0.15) is 20.8 Å². The molecule has 0 spiro atoms. The SMILES string of the molecule is CCOc1cc(N)cc(NCCN(CC)CC)c1. The number of nitrogens with one attached hydrogen (secondary N) is 1. The molecule has 4 nitrogen and oxygen atoms in total. The van der Waals surface area contributed by atoms with E-state index in [0.29, 0.717) is 6.61 Å². The summed E-state index contributed by atoms with van der Waals surface area (Å²) in [5.41, 5.74) is 7.59.